The summed E-state index contributed by atoms with van der Waals surface area (Å²) >= 11 is 0. The van der Waals surface area contributed by atoms with Crippen LogP contribution in [0.1, 0.15) is 11.1 Å². The summed E-state index contributed by atoms with van der Waals surface area (Å²) in [6, 6.07) is 9.89. The van der Waals surface area contributed by atoms with Gasteiger partial charge in [0.2, 0.25) is 0 Å². The first-order valence-corrected chi connectivity index (χ1v) is 9.94. The Bertz CT molecular complexity index is 1030. The molecular formula is C20H22N2O5S. The number of carbonyl (C=O) groups excluding carboxylic acids is 1. The largest absolute Gasteiger partial charge is 0.495 e. The highest BCUT2D eigenvalue weighted by molar-refractivity contribution is 7.95. The summed E-state index contributed by atoms with van der Waals surface area (Å²) in [6.07, 6.45) is 4.09. The highest BCUT2D eigenvalue weighted by Crippen LogP contribution is 2.23. The van der Waals surface area contributed by atoms with E-state index >= 15 is 0 Å². The highest BCUT2D eigenvalue weighted by atomic mass is 32.2. The predicted octanol–water partition coefficient (Wildman–Crippen LogP) is 2.54. The highest BCUT2D eigenvalue weighted by Gasteiger charge is 2.11. The molecule has 0 aromatic heterocycles. The van der Waals surface area contributed by atoms with E-state index in [4.69, 9.17) is 20.9 Å². The summed E-state index contributed by atoms with van der Waals surface area (Å²) in [7, 11) is -0.734. The second kappa shape index (κ2) is 9.09. The van der Waals surface area contributed by atoms with E-state index in [0.717, 1.165) is 5.41 Å². The Labute approximate surface area is 164 Å². The molecule has 4 N–H and O–H groups in total. The molecule has 7 nitrogen and oxygen atoms in total. The maximum Gasteiger partial charge on any atom is 0.179 e. The summed E-state index contributed by atoms with van der Waals surface area (Å²) in [5.74, 6) is -0.166. The van der Waals surface area contributed by atoms with Crippen LogP contribution in [0.15, 0.2) is 47.9 Å². The smallest absolute Gasteiger partial charge is 0.179 e. The fourth-order valence-corrected chi connectivity index (χ4v) is 3.33. The van der Waals surface area contributed by atoms with Crippen molar-refractivity contribution < 1.29 is 22.7 Å². The van der Waals surface area contributed by atoms with E-state index in [1.165, 1.54) is 32.4 Å². The van der Waals surface area contributed by atoms with E-state index in [2.05, 4.69) is 0 Å². The first-order valence-electron chi connectivity index (χ1n) is 8.23. The minimum absolute atomic E-state index is 0.389. The molecule has 0 bridgehead atoms. The van der Waals surface area contributed by atoms with Gasteiger partial charge in [-0.3, -0.25) is 4.79 Å². The Hall–Kier alpha value is -3.26. The molecule has 0 saturated carbocycles. The quantitative estimate of drug-likeness (QED) is 0.514. The Morgan fingerprint density at radius 1 is 0.929 bits per heavy atom. The molecule has 8 heteroatoms. The molecule has 0 aliphatic rings. The maximum absolute atomic E-state index is 12.1. The lowest BCUT2D eigenvalue weighted by atomic mass is 10.1. The first-order chi connectivity index (χ1) is 13.2. The number of ether oxygens (including phenoxy) is 2. The molecule has 0 fully saturated rings. The van der Waals surface area contributed by atoms with Gasteiger partial charge in [-0.25, -0.2) is 8.42 Å². The molecular weight excluding hydrogens is 380 g/mol. The average Bonchev–Trinajstić information content (AvgIpc) is 2.64. The molecule has 0 aliphatic heterocycles. The lowest BCUT2D eigenvalue weighted by Gasteiger charge is -2.04. The monoisotopic (exact) mass is 402 g/mol. The minimum Gasteiger partial charge on any atom is -0.495 e. The SMILES string of the molecule is COc1ccc(/C=C/C(=O)CS(=O)(=O)/C=C/c2ccc(OC)c(N)c2)cc1N. The van der Waals surface area contributed by atoms with Gasteiger partial charge in [0, 0.05) is 5.41 Å². The van der Waals surface area contributed by atoms with Gasteiger partial charge in [-0.15, -0.1) is 0 Å². The second-order valence-electron chi connectivity index (χ2n) is 5.91. The summed E-state index contributed by atoms with van der Waals surface area (Å²) in [6.45, 7) is 0. The summed E-state index contributed by atoms with van der Waals surface area (Å²) in [5, 5.41) is 0.991. The van der Waals surface area contributed by atoms with Crippen molar-refractivity contribution in [3.05, 3.63) is 59.0 Å². The molecule has 0 amide bonds. The van der Waals surface area contributed by atoms with E-state index in [1.54, 1.807) is 36.4 Å². The van der Waals surface area contributed by atoms with Crippen molar-refractivity contribution in [2.24, 2.45) is 0 Å². The van der Waals surface area contributed by atoms with Crippen LogP contribution in [0.5, 0.6) is 11.5 Å². The number of anilines is 2. The predicted molar refractivity (Wildman–Crippen MR) is 112 cm³/mol. The molecule has 148 valence electrons. The molecule has 0 unspecified atom stereocenters. The summed E-state index contributed by atoms with van der Waals surface area (Å²) in [5.41, 5.74) is 13.6. The first kappa shape index (κ1) is 21.0. The van der Waals surface area contributed by atoms with Crippen LogP contribution in [0.3, 0.4) is 0 Å². The van der Waals surface area contributed by atoms with Gasteiger partial charge in [0.25, 0.3) is 0 Å². The number of ketones is 1. The zero-order chi connectivity index (χ0) is 20.7. The Morgan fingerprint density at radius 2 is 1.43 bits per heavy atom. The van der Waals surface area contributed by atoms with Crippen LogP contribution >= 0.6 is 0 Å². The number of nitrogen functional groups attached to an aromatic ring is 2. The zero-order valence-electron chi connectivity index (χ0n) is 15.6. The topological polar surface area (TPSA) is 122 Å². The number of sulfone groups is 1. The van der Waals surface area contributed by atoms with Crippen LogP contribution in [-0.2, 0) is 14.6 Å². The fraction of sp³-hybridized carbons (Fsp3) is 0.150. The van der Waals surface area contributed by atoms with Crippen LogP contribution in [-0.4, -0.2) is 34.2 Å². The minimum atomic E-state index is -3.73. The molecule has 0 spiro atoms. The number of allylic oxidation sites excluding steroid dienone is 1. The third-order valence-electron chi connectivity index (χ3n) is 3.78. The second-order valence-corrected chi connectivity index (χ2v) is 7.80. The van der Waals surface area contributed by atoms with Gasteiger partial charge in [-0.1, -0.05) is 18.2 Å². The molecule has 0 atom stereocenters. The number of benzene rings is 2. The van der Waals surface area contributed by atoms with Crippen LogP contribution in [0.25, 0.3) is 12.2 Å². The average molecular weight is 402 g/mol. The molecule has 0 heterocycles. The van der Waals surface area contributed by atoms with E-state index in [-0.39, 0.29) is 0 Å². The van der Waals surface area contributed by atoms with Gasteiger partial charge in [-0.05, 0) is 47.5 Å². The maximum atomic E-state index is 12.1. The third-order valence-corrected chi connectivity index (χ3v) is 5.02. The van der Waals surface area contributed by atoms with E-state index in [9.17, 15) is 13.2 Å². The van der Waals surface area contributed by atoms with Gasteiger partial charge in [0.15, 0.2) is 15.6 Å². The Morgan fingerprint density at radius 3 is 1.89 bits per heavy atom. The van der Waals surface area contributed by atoms with Gasteiger partial charge < -0.3 is 20.9 Å². The normalized spacial score (nSPS) is 11.8. The zero-order valence-corrected chi connectivity index (χ0v) is 16.4. The van der Waals surface area contributed by atoms with Gasteiger partial charge >= 0.3 is 0 Å². The van der Waals surface area contributed by atoms with Gasteiger partial charge in [0.05, 0.1) is 25.6 Å². The summed E-state index contributed by atoms with van der Waals surface area (Å²) in [4.78, 5) is 12.0. The van der Waals surface area contributed by atoms with Crippen molar-refractivity contribution in [3.63, 3.8) is 0 Å². The molecule has 0 saturated heterocycles. The molecule has 2 rings (SSSR count). The van der Waals surface area contributed by atoms with Crippen LogP contribution < -0.4 is 20.9 Å². The molecule has 28 heavy (non-hydrogen) atoms. The third kappa shape index (κ3) is 5.88. The number of hydrogen-bond donors (Lipinski definition) is 2. The number of hydrogen-bond acceptors (Lipinski definition) is 7. The Kier molecular flexibility index (Phi) is 6.84. The molecule has 2 aromatic rings. The standard InChI is InChI=1S/C20H22N2O5S/c1-26-19-7-4-14(11-17(19)21)3-6-16(23)13-28(24,25)10-9-15-5-8-20(27-2)18(22)12-15/h3-12H,13,21-22H2,1-2H3/b6-3+,10-9+. The number of carbonyl (C=O) groups is 1. The molecule has 0 radical (unpaired) electrons. The van der Waals surface area contributed by atoms with E-state index < -0.39 is 21.4 Å². The van der Waals surface area contributed by atoms with Crippen LogP contribution in [0.4, 0.5) is 11.4 Å². The van der Waals surface area contributed by atoms with Crippen molar-refractivity contribution in [2.45, 2.75) is 0 Å². The van der Waals surface area contributed by atoms with E-state index in [0.29, 0.717) is 34.0 Å². The van der Waals surface area contributed by atoms with Crippen molar-refractivity contribution in [1.82, 2.24) is 0 Å². The van der Waals surface area contributed by atoms with Gasteiger partial charge in [0.1, 0.15) is 17.3 Å². The van der Waals surface area contributed by atoms with Gasteiger partial charge in [-0.2, -0.15) is 0 Å². The van der Waals surface area contributed by atoms with Crippen molar-refractivity contribution in [2.75, 3.05) is 31.4 Å². The van der Waals surface area contributed by atoms with Crippen molar-refractivity contribution in [3.8, 4) is 11.5 Å². The number of nitrogens with two attached hydrogens (primary N) is 2. The molecule has 2 aromatic carbocycles. The fourth-order valence-electron chi connectivity index (χ4n) is 2.38. The van der Waals surface area contributed by atoms with Crippen molar-refractivity contribution >= 4 is 39.1 Å². The lowest BCUT2D eigenvalue weighted by Crippen LogP contribution is -2.11. The summed E-state index contributed by atoms with van der Waals surface area (Å²) < 4.78 is 34.4. The van der Waals surface area contributed by atoms with Crippen molar-refractivity contribution in [1.29, 1.82) is 0 Å². The Balaban J connectivity index is 2.03. The van der Waals surface area contributed by atoms with E-state index in [1.807, 2.05) is 0 Å². The number of methoxy groups -OCH3 is 2. The van der Waals surface area contributed by atoms with Crippen LogP contribution in [0, 0.1) is 0 Å². The lowest BCUT2D eigenvalue weighted by molar-refractivity contribution is -0.112. The van der Waals surface area contributed by atoms with Crippen LogP contribution in [0.2, 0.25) is 0 Å². The number of rotatable bonds is 8. The molecule has 0 aliphatic carbocycles.